The van der Waals surface area contributed by atoms with Crippen LogP contribution in [0.1, 0.15) is 21.5 Å². The number of thiophene rings is 2. The minimum atomic E-state index is -0.357. The van der Waals surface area contributed by atoms with Gasteiger partial charge in [0.25, 0.3) is 5.91 Å². The molecule has 0 bridgehead atoms. The molecule has 8 heteroatoms. The maximum Gasteiger partial charge on any atom is 0.262 e. The SMILES string of the molecule is Cc1csc2ncnc(-c3ccc(N(Cc4ccsc4)C(=O)c4ccc(O)cc4O)cc3)c12. The lowest BCUT2D eigenvalue weighted by molar-refractivity contribution is 0.0982. The third kappa shape index (κ3) is 4.06. The minimum absolute atomic E-state index is 0.0994. The summed E-state index contributed by atoms with van der Waals surface area (Å²) in [5, 5.41) is 26.9. The number of hydrogen-bond donors (Lipinski definition) is 2. The van der Waals surface area contributed by atoms with Crippen molar-refractivity contribution in [1.82, 2.24) is 9.97 Å². The lowest BCUT2D eigenvalue weighted by Crippen LogP contribution is -2.30. The van der Waals surface area contributed by atoms with Crippen LogP contribution in [-0.2, 0) is 6.54 Å². The monoisotopic (exact) mass is 473 g/mol. The van der Waals surface area contributed by atoms with Crippen LogP contribution in [0.5, 0.6) is 11.5 Å². The molecule has 0 fully saturated rings. The second kappa shape index (κ2) is 8.65. The Morgan fingerprint density at radius 2 is 1.85 bits per heavy atom. The molecule has 0 radical (unpaired) electrons. The standard InChI is InChI=1S/C25H19N3O3S2/c1-15-12-33-24-22(15)23(26-14-27-24)17-2-4-18(5-3-17)28(11-16-8-9-32-13-16)25(31)20-7-6-19(29)10-21(20)30/h2-10,12-14,29-30H,11H2,1H3. The highest BCUT2D eigenvalue weighted by Crippen LogP contribution is 2.33. The molecule has 33 heavy (non-hydrogen) atoms. The fourth-order valence-corrected chi connectivity index (χ4v) is 5.28. The van der Waals surface area contributed by atoms with Crippen LogP contribution in [-0.4, -0.2) is 26.1 Å². The van der Waals surface area contributed by atoms with Crippen molar-refractivity contribution in [3.05, 3.63) is 87.7 Å². The zero-order valence-corrected chi connectivity index (χ0v) is 19.2. The predicted molar refractivity (Wildman–Crippen MR) is 132 cm³/mol. The molecule has 0 aliphatic rings. The van der Waals surface area contributed by atoms with Crippen LogP contribution in [0.4, 0.5) is 5.69 Å². The number of fused-ring (bicyclic) bond motifs is 1. The number of aromatic hydroxyl groups is 2. The van der Waals surface area contributed by atoms with Crippen molar-refractivity contribution in [1.29, 1.82) is 0 Å². The summed E-state index contributed by atoms with van der Waals surface area (Å²) in [5.74, 6) is -0.717. The van der Waals surface area contributed by atoms with E-state index >= 15 is 0 Å². The normalized spacial score (nSPS) is 11.1. The molecular weight excluding hydrogens is 454 g/mol. The molecule has 6 nitrogen and oxygen atoms in total. The van der Waals surface area contributed by atoms with Crippen LogP contribution in [0.3, 0.4) is 0 Å². The molecule has 0 saturated heterocycles. The van der Waals surface area contributed by atoms with Crippen molar-refractivity contribution in [2.45, 2.75) is 13.5 Å². The largest absolute Gasteiger partial charge is 0.508 e. The summed E-state index contributed by atoms with van der Waals surface area (Å²) in [4.78, 5) is 24.8. The number of anilines is 1. The van der Waals surface area contributed by atoms with E-state index in [1.807, 2.05) is 48.0 Å². The van der Waals surface area contributed by atoms with Gasteiger partial charge in [0.05, 0.1) is 17.8 Å². The molecule has 0 aliphatic heterocycles. The Bertz CT molecular complexity index is 1440. The Kier molecular flexibility index (Phi) is 5.53. The lowest BCUT2D eigenvalue weighted by atomic mass is 10.1. The second-order valence-corrected chi connectivity index (χ2v) is 9.23. The fourth-order valence-electron chi connectivity index (χ4n) is 3.73. The van der Waals surface area contributed by atoms with E-state index in [1.165, 1.54) is 18.2 Å². The predicted octanol–water partition coefficient (Wildman–Crippen LogP) is 5.99. The van der Waals surface area contributed by atoms with Crippen LogP contribution in [0.2, 0.25) is 0 Å². The number of amides is 1. The molecule has 0 spiro atoms. The van der Waals surface area contributed by atoms with Crippen molar-refractivity contribution < 1.29 is 15.0 Å². The molecule has 3 heterocycles. The molecular formula is C25H19N3O3S2. The van der Waals surface area contributed by atoms with Gasteiger partial charge in [0.15, 0.2) is 0 Å². The molecule has 5 rings (SSSR count). The molecule has 5 aromatic rings. The highest BCUT2D eigenvalue weighted by Gasteiger charge is 2.22. The summed E-state index contributed by atoms with van der Waals surface area (Å²) in [6.45, 7) is 2.40. The van der Waals surface area contributed by atoms with Crippen LogP contribution in [0, 0.1) is 6.92 Å². The molecule has 3 aromatic heterocycles. The Hall–Kier alpha value is -3.75. The van der Waals surface area contributed by atoms with E-state index in [-0.39, 0.29) is 23.0 Å². The Morgan fingerprint density at radius 1 is 1.03 bits per heavy atom. The Morgan fingerprint density at radius 3 is 2.58 bits per heavy atom. The number of carbonyl (C=O) groups excluding carboxylic acids is 1. The Labute approximate surface area is 198 Å². The Balaban J connectivity index is 1.54. The number of aromatic nitrogens is 2. The minimum Gasteiger partial charge on any atom is -0.508 e. The molecule has 0 atom stereocenters. The van der Waals surface area contributed by atoms with Gasteiger partial charge in [-0.25, -0.2) is 9.97 Å². The van der Waals surface area contributed by atoms with Crippen molar-refractivity contribution in [2.24, 2.45) is 0 Å². The van der Waals surface area contributed by atoms with E-state index in [9.17, 15) is 15.0 Å². The van der Waals surface area contributed by atoms with Gasteiger partial charge in [0, 0.05) is 22.7 Å². The molecule has 0 unspecified atom stereocenters. The molecule has 1 amide bonds. The third-order valence-electron chi connectivity index (χ3n) is 5.38. The smallest absolute Gasteiger partial charge is 0.262 e. The van der Waals surface area contributed by atoms with Gasteiger partial charge in [-0.3, -0.25) is 4.79 Å². The number of hydrogen-bond acceptors (Lipinski definition) is 7. The van der Waals surface area contributed by atoms with Crippen molar-refractivity contribution in [3.63, 3.8) is 0 Å². The summed E-state index contributed by atoms with van der Waals surface area (Å²) < 4.78 is 0. The van der Waals surface area contributed by atoms with E-state index in [0.29, 0.717) is 12.2 Å². The number of phenolic OH excluding ortho intramolecular Hbond substituents is 2. The van der Waals surface area contributed by atoms with Gasteiger partial charge in [0.2, 0.25) is 0 Å². The van der Waals surface area contributed by atoms with Gasteiger partial charge in [-0.05, 0) is 64.5 Å². The van der Waals surface area contributed by atoms with Gasteiger partial charge >= 0.3 is 0 Å². The van der Waals surface area contributed by atoms with Crippen molar-refractivity contribution >= 4 is 44.5 Å². The van der Waals surface area contributed by atoms with E-state index in [2.05, 4.69) is 15.3 Å². The van der Waals surface area contributed by atoms with Crippen LogP contribution >= 0.6 is 22.7 Å². The molecule has 2 N–H and O–H groups in total. The first kappa shape index (κ1) is 21.1. The highest BCUT2D eigenvalue weighted by atomic mass is 32.1. The van der Waals surface area contributed by atoms with E-state index in [1.54, 1.807) is 33.9 Å². The van der Waals surface area contributed by atoms with Crippen LogP contribution in [0.15, 0.2) is 71.0 Å². The zero-order chi connectivity index (χ0) is 22.9. The molecule has 2 aromatic carbocycles. The maximum atomic E-state index is 13.4. The van der Waals surface area contributed by atoms with E-state index in [0.717, 1.165) is 32.6 Å². The van der Waals surface area contributed by atoms with E-state index in [4.69, 9.17) is 0 Å². The average molecular weight is 474 g/mol. The highest BCUT2D eigenvalue weighted by molar-refractivity contribution is 7.17. The first-order chi connectivity index (χ1) is 16.0. The summed E-state index contributed by atoms with van der Waals surface area (Å²) in [6.07, 6.45) is 1.57. The summed E-state index contributed by atoms with van der Waals surface area (Å²) in [7, 11) is 0. The maximum absolute atomic E-state index is 13.4. The van der Waals surface area contributed by atoms with Crippen molar-refractivity contribution in [2.75, 3.05) is 4.90 Å². The van der Waals surface area contributed by atoms with Gasteiger partial charge in [-0.2, -0.15) is 11.3 Å². The number of benzene rings is 2. The third-order valence-corrected chi connectivity index (χ3v) is 7.12. The number of aryl methyl sites for hydroxylation is 1. The number of carbonyl (C=O) groups is 1. The molecule has 164 valence electrons. The summed E-state index contributed by atoms with van der Waals surface area (Å²) in [6, 6.07) is 13.6. The van der Waals surface area contributed by atoms with Gasteiger partial charge in [-0.15, -0.1) is 11.3 Å². The molecule has 0 aliphatic carbocycles. The van der Waals surface area contributed by atoms with Crippen LogP contribution in [0.25, 0.3) is 21.5 Å². The summed E-state index contributed by atoms with van der Waals surface area (Å²) in [5.41, 5.74) is 4.72. The topological polar surface area (TPSA) is 86.6 Å². The molecule has 0 saturated carbocycles. The van der Waals surface area contributed by atoms with Gasteiger partial charge < -0.3 is 15.1 Å². The lowest BCUT2D eigenvalue weighted by Gasteiger charge is -2.23. The fraction of sp³-hybridized carbons (Fsp3) is 0.0800. The zero-order valence-electron chi connectivity index (χ0n) is 17.6. The van der Waals surface area contributed by atoms with Crippen molar-refractivity contribution in [3.8, 4) is 22.8 Å². The number of nitrogens with zero attached hydrogens (tertiary/aromatic N) is 3. The van der Waals surface area contributed by atoms with Gasteiger partial charge in [0.1, 0.15) is 22.7 Å². The quantitative estimate of drug-likeness (QED) is 0.328. The first-order valence-corrected chi connectivity index (χ1v) is 12.0. The number of rotatable bonds is 5. The van der Waals surface area contributed by atoms with Gasteiger partial charge in [-0.1, -0.05) is 12.1 Å². The first-order valence-electron chi connectivity index (χ1n) is 10.2. The second-order valence-electron chi connectivity index (χ2n) is 7.59. The van der Waals surface area contributed by atoms with E-state index < -0.39 is 0 Å². The average Bonchev–Trinajstić information content (AvgIpc) is 3.47. The summed E-state index contributed by atoms with van der Waals surface area (Å²) >= 11 is 3.15. The van der Waals surface area contributed by atoms with Crippen LogP contribution < -0.4 is 4.90 Å². The number of phenols is 2.